The summed E-state index contributed by atoms with van der Waals surface area (Å²) in [5.41, 5.74) is 6.86. The standard InChI is InChI=1S/C10H12Br2N2/c11-6-1-2-9(12)10(3-6)14-8-4-7(13)5-8/h1-3,7-8,14H,4-5,13H2. The van der Waals surface area contributed by atoms with Crippen LogP contribution in [0.5, 0.6) is 0 Å². The number of benzene rings is 1. The molecule has 1 saturated carbocycles. The molecule has 2 nitrogen and oxygen atoms in total. The van der Waals surface area contributed by atoms with Crippen LogP contribution in [0.3, 0.4) is 0 Å². The Hall–Kier alpha value is -0.0600. The average Bonchev–Trinajstić information content (AvgIpc) is 2.09. The monoisotopic (exact) mass is 318 g/mol. The van der Waals surface area contributed by atoms with E-state index in [9.17, 15) is 0 Å². The molecule has 1 aromatic rings. The van der Waals surface area contributed by atoms with Crippen molar-refractivity contribution < 1.29 is 0 Å². The van der Waals surface area contributed by atoms with E-state index in [2.05, 4.69) is 43.2 Å². The van der Waals surface area contributed by atoms with Crippen molar-refractivity contribution in [1.29, 1.82) is 0 Å². The van der Waals surface area contributed by atoms with Crippen molar-refractivity contribution in [2.24, 2.45) is 5.73 Å². The number of nitrogens with one attached hydrogen (secondary N) is 1. The predicted molar refractivity (Wildman–Crippen MR) is 66.5 cm³/mol. The summed E-state index contributed by atoms with van der Waals surface area (Å²) in [6, 6.07) is 7.05. The first-order chi connectivity index (χ1) is 6.65. The second-order valence-electron chi connectivity index (χ2n) is 3.70. The molecule has 0 bridgehead atoms. The smallest absolute Gasteiger partial charge is 0.0498 e. The highest BCUT2D eigenvalue weighted by Crippen LogP contribution is 2.30. The number of nitrogens with two attached hydrogens (primary N) is 1. The summed E-state index contributed by atoms with van der Waals surface area (Å²) in [6.07, 6.45) is 2.14. The Bertz CT molecular complexity index is 335. The molecule has 0 spiro atoms. The third kappa shape index (κ3) is 2.30. The van der Waals surface area contributed by atoms with Crippen LogP contribution in [0.4, 0.5) is 5.69 Å². The third-order valence-corrected chi connectivity index (χ3v) is 3.65. The van der Waals surface area contributed by atoms with Crippen LogP contribution in [0, 0.1) is 0 Å². The zero-order chi connectivity index (χ0) is 10.1. The highest BCUT2D eigenvalue weighted by molar-refractivity contribution is 9.11. The van der Waals surface area contributed by atoms with Gasteiger partial charge in [-0.25, -0.2) is 0 Å². The lowest BCUT2D eigenvalue weighted by Gasteiger charge is -2.34. The summed E-state index contributed by atoms with van der Waals surface area (Å²) in [6.45, 7) is 0. The SMILES string of the molecule is NC1CC(Nc2cc(Br)ccc2Br)C1. The van der Waals surface area contributed by atoms with Gasteiger partial charge < -0.3 is 11.1 Å². The van der Waals surface area contributed by atoms with Gasteiger partial charge in [0.15, 0.2) is 0 Å². The van der Waals surface area contributed by atoms with Gasteiger partial charge in [-0.05, 0) is 47.0 Å². The molecule has 2 rings (SSSR count). The lowest BCUT2D eigenvalue weighted by Crippen LogP contribution is -2.44. The fourth-order valence-corrected chi connectivity index (χ4v) is 2.33. The van der Waals surface area contributed by atoms with Crippen LogP contribution in [-0.4, -0.2) is 12.1 Å². The van der Waals surface area contributed by atoms with Crippen LogP contribution in [0.25, 0.3) is 0 Å². The van der Waals surface area contributed by atoms with Crippen molar-refractivity contribution in [3.05, 3.63) is 27.1 Å². The van der Waals surface area contributed by atoms with Crippen molar-refractivity contribution >= 4 is 37.5 Å². The topological polar surface area (TPSA) is 38.0 Å². The molecule has 14 heavy (non-hydrogen) atoms. The van der Waals surface area contributed by atoms with Crippen LogP contribution in [0.2, 0.25) is 0 Å². The molecule has 0 aliphatic heterocycles. The molecular formula is C10H12Br2N2. The predicted octanol–water partition coefficient (Wildman–Crippen LogP) is 3.11. The number of hydrogen-bond acceptors (Lipinski definition) is 2. The lowest BCUT2D eigenvalue weighted by molar-refractivity contribution is 0.373. The van der Waals surface area contributed by atoms with Gasteiger partial charge in [0.25, 0.3) is 0 Å². The number of anilines is 1. The van der Waals surface area contributed by atoms with Gasteiger partial charge in [0.1, 0.15) is 0 Å². The van der Waals surface area contributed by atoms with E-state index in [1.54, 1.807) is 0 Å². The highest BCUT2D eigenvalue weighted by atomic mass is 79.9. The van der Waals surface area contributed by atoms with Crippen molar-refractivity contribution in [3.8, 4) is 0 Å². The van der Waals surface area contributed by atoms with Gasteiger partial charge in [0.05, 0.1) is 0 Å². The first-order valence-electron chi connectivity index (χ1n) is 4.62. The van der Waals surface area contributed by atoms with Gasteiger partial charge in [-0.2, -0.15) is 0 Å². The molecule has 76 valence electrons. The molecule has 0 amide bonds. The molecule has 0 saturated heterocycles. The maximum Gasteiger partial charge on any atom is 0.0498 e. The summed E-state index contributed by atoms with van der Waals surface area (Å²) in [5, 5.41) is 3.46. The summed E-state index contributed by atoms with van der Waals surface area (Å²) < 4.78 is 2.19. The maximum absolute atomic E-state index is 5.73. The molecule has 3 N–H and O–H groups in total. The molecule has 1 aliphatic rings. The van der Waals surface area contributed by atoms with E-state index in [0.29, 0.717) is 12.1 Å². The van der Waals surface area contributed by atoms with E-state index >= 15 is 0 Å². The minimum Gasteiger partial charge on any atom is -0.381 e. The Labute approximate surface area is 101 Å². The summed E-state index contributed by atoms with van der Waals surface area (Å²) in [4.78, 5) is 0. The molecule has 0 atom stereocenters. The van der Waals surface area contributed by atoms with Gasteiger partial charge in [-0.1, -0.05) is 15.9 Å². The fourth-order valence-electron chi connectivity index (χ4n) is 1.61. The first kappa shape index (κ1) is 10.5. The van der Waals surface area contributed by atoms with Crippen molar-refractivity contribution in [2.75, 3.05) is 5.32 Å². The lowest BCUT2D eigenvalue weighted by atomic mass is 9.87. The van der Waals surface area contributed by atoms with Crippen molar-refractivity contribution in [1.82, 2.24) is 0 Å². The normalized spacial score (nSPS) is 25.6. The molecular weight excluding hydrogens is 308 g/mol. The molecule has 0 unspecified atom stereocenters. The Morgan fingerprint density at radius 3 is 2.64 bits per heavy atom. The van der Waals surface area contributed by atoms with Crippen LogP contribution in [0.1, 0.15) is 12.8 Å². The van der Waals surface area contributed by atoms with E-state index in [0.717, 1.165) is 27.5 Å². The van der Waals surface area contributed by atoms with Crippen molar-refractivity contribution in [2.45, 2.75) is 24.9 Å². The van der Waals surface area contributed by atoms with Crippen molar-refractivity contribution in [3.63, 3.8) is 0 Å². The van der Waals surface area contributed by atoms with E-state index in [1.165, 1.54) is 0 Å². The molecule has 0 radical (unpaired) electrons. The van der Waals surface area contributed by atoms with Gasteiger partial charge in [-0.15, -0.1) is 0 Å². The molecule has 1 aliphatic carbocycles. The fraction of sp³-hybridized carbons (Fsp3) is 0.400. The zero-order valence-electron chi connectivity index (χ0n) is 7.63. The molecule has 0 aromatic heterocycles. The maximum atomic E-state index is 5.73. The summed E-state index contributed by atoms with van der Waals surface area (Å²) in [5.74, 6) is 0. The van der Waals surface area contributed by atoms with Gasteiger partial charge in [0, 0.05) is 26.7 Å². The van der Waals surface area contributed by atoms with E-state index < -0.39 is 0 Å². The second kappa shape index (κ2) is 4.21. The van der Waals surface area contributed by atoms with E-state index in [1.807, 2.05) is 12.1 Å². The van der Waals surface area contributed by atoms with Gasteiger partial charge >= 0.3 is 0 Å². The number of rotatable bonds is 2. The van der Waals surface area contributed by atoms with Crippen LogP contribution in [-0.2, 0) is 0 Å². The molecule has 4 heteroatoms. The zero-order valence-corrected chi connectivity index (χ0v) is 10.8. The molecule has 0 heterocycles. The average molecular weight is 320 g/mol. The quantitative estimate of drug-likeness (QED) is 0.879. The van der Waals surface area contributed by atoms with Gasteiger partial charge in [-0.3, -0.25) is 0 Å². The Kier molecular flexibility index (Phi) is 3.14. The van der Waals surface area contributed by atoms with E-state index in [4.69, 9.17) is 5.73 Å². The highest BCUT2D eigenvalue weighted by Gasteiger charge is 2.25. The van der Waals surface area contributed by atoms with Crippen LogP contribution in [0.15, 0.2) is 27.1 Å². The second-order valence-corrected chi connectivity index (χ2v) is 5.47. The van der Waals surface area contributed by atoms with E-state index in [-0.39, 0.29) is 0 Å². The minimum atomic E-state index is 0.387. The minimum absolute atomic E-state index is 0.387. The summed E-state index contributed by atoms with van der Waals surface area (Å²) >= 11 is 6.97. The molecule has 1 aromatic carbocycles. The third-order valence-electron chi connectivity index (χ3n) is 2.46. The Morgan fingerprint density at radius 1 is 1.29 bits per heavy atom. The summed E-state index contributed by atoms with van der Waals surface area (Å²) in [7, 11) is 0. The first-order valence-corrected chi connectivity index (χ1v) is 6.21. The Morgan fingerprint density at radius 2 is 2.00 bits per heavy atom. The van der Waals surface area contributed by atoms with Crippen LogP contribution >= 0.6 is 31.9 Å². The number of halogens is 2. The number of hydrogen-bond donors (Lipinski definition) is 2. The Balaban J connectivity index is 2.05. The van der Waals surface area contributed by atoms with Gasteiger partial charge in [0.2, 0.25) is 0 Å². The molecule has 1 fully saturated rings. The largest absolute Gasteiger partial charge is 0.381 e. The van der Waals surface area contributed by atoms with Crippen LogP contribution < -0.4 is 11.1 Å².